The van der Waals surface area contributed by atoms with Gasteiger partial charge < -0.3 is 4.90 Å². The summed E-state index contributed by atoms with van der Waals surface area (Å²) in [5.41, 5.74) is 1.93. The third-order valence-corrected chi connectivity index (χ3v) is 5.09. The summed E-state index contributed by atoms with van der Waals surface area (Å²) in [6.45, 7) is 5.08. The Bertz CT molecular complexity index is 915. The maximum Gasteiger partial charge on any atom is 0.225 e. The molecule has 0 spiro atoms. The lowest BCUT2D eigenvalue weighted by molar-refractivity contribution is -0.136. The average Bonchev–Trinajstić information content (AvgIpc) is 2.74. The Balaban J connectivity index is 1.49. The topological polar surface area (TPSA) is 77.3 Å². The van der Waals surface area contributed by atoms with Crippen LogP contribution in [0.4, 0.5) is 4.39 Å². The van der Waals surface area contributed by atoms with Crippen molar-refractivity contribution in [3.05, 3.63) is 65.2 Å². The summed E-state index contributed by atoms with van der Waals surface area (Å²) in [5, 5.41) is 8.97. The van der Waals surface area contributed by atoms with Crippen LogP contribution in [0.5, 0.6) is 0 Å². The first-order valence-electron chi connectivity index (χ1n) is 9.60. The van der Waals surface area contributed by atoms with E-state index in [9.17, 15) is 14.0 Å². The molecular weight excluding hydrogens is 371 g/mol. The lowest BCUT2D eigenvalue weighted by atomic mass is 9.98. The molecule has 0 radical (unpaired) electrons. The number of piperazine rings is 1. The number of nitrogens with zero attached hydrogens (tertiary/aromatic N) is 4. The van der Waals surface area contributed by atoms with Crippen LogP contribution in [0.1, 0.15) is 34.8 Å². The summed E-state index contributed by atoms with van der Waals surface area (Å²) in [4.78, 5) is 33.1. The van der Waals surface area contributed by atoms with Gasteiger partial charge in [0.2, 0.25) is 5.91 Å². The standard InChI is InChI=1S/C22H23FN4O2/c1-16(10-21(28)19-2-4-20(23)5-3-19)22(29)27-8-6-26(7-9-27)15-18-11-17(12-24)13-25-14-18/h2-5,11,13-14,16H,6-10,15H2,1H3. The number of carbonyl (C=O) groups is 2. The molecule has 1 aromatic carbocycles. The van der Waals surface area contributed by atoms with E-state index in [1.165, 1.54) is 30.5 Å². The van der Waals surface area contributed by atoms with Crippen LogP contribution in [-0.2, 0) is 11.3 Å². The van der Waals surface area contributed by atoms with Crippen LogP contribution >= 0.6 is 0 Å². The van der Waals surface area contributed by atoms with Gasteiger partial charge in [-0.15, -0.1) is 0 Å². The van der Waals surface area contributed by atoms with E-state index in [0.29, 0.717) is 30.8 Å². The fourth-order valence-corrected chi connectivity index (χ4v) is 3.45. The first-order valence-corrected chi connectivity index (χ1v) is 9.60. The number of benzene rings is 1. The molecule has 1 amide bonds. The molecule has 1 aliphatic rings. The molecule has 1 unspecified atom stereocenters. The minimum absolute atomic E-state index is 0.0340. The van der Waals surface area contributed by atoms with Crippen molar-refractivity contribution in [2.24, 2.45) is 5.92 Å². The van der Waals surface area contributed by atoms with Gasteiger partial charge in [-0.3, -0.25) is 19.5 Å². The van der Waals surface area contributed by atoms with Crippen LogP contribution < -0.4 is 0 Å². The molecular formula is C22H23FN4O2. The molecule has 6 nitrogen and oxygen atoms in total. The van der Waals surface area contributed by atoms with Crippen molar-refractivity contribution in [1.29, 1.82) is 5.26 Å². The van der Waals surface area contributed by atoms with Crippen LogP contribution in [0.25, 0.3) is 0 Å². The van der Waals surface area contributed by atoms with Crippen molar-refractivity contribution in [2.75, 3.05) is 26.2 Å². The second kappa shape index (κ2) is 9.39. The van der Waals surface area contributed by atoms with E-state index < -0.39 is 11.7 Å². The molecule has 3 rings (SSSR count). The SMILES string of the molecule is CC(CC(=O)c1ccc(F)cc1)C(=O)N1CCN(Cc2cncc(C#N)c2)CC1. The van der Waals surface area contributed by atoms with Crippen molar-refractivity contribution in [2.45, 2.75) is 19.9 Å². The van der Waals surface area contributed by atoms with Gasteiger partial charge in [0, 0.05) is 63.0 Å². The molecule has 0 N–H and O–H groups in total. The number of pyridine rings is 1. The van der Waals surface area contributed by atoms with Crippen molar-refractivity contribution in [3.63, 3.8) is 0 Å². The Labute approximate surface area is 169 Å². The second-order valence-electron chi connectivity index (χ2n) is 7.33. The molecule has 2 aromatic rings. The van der Waals surface area contributed by atoms with Gasteiger partial charge in [-0.25, -0.2) is 4.39 Å². The van der Waals surface area contributed by atoms with Gasteiger partial charge in [0.25, 0.3) is 0 Å². The number of ketones is 1. The zero-order valence-corrected chi connectivity index (χ0v) is 16.3. The van der Waals surface area contributed by atoms with Crippen molar-refractivity contribution >= 4 is 11.7 Å². The van der Waals surface area contributed by atoms with Crippen molar-refractivity contribution < 1.29 is 14.0 Å². The molecule has 1 fully saturated rings. The fourth-order valence-electron chi connectivity index (χ4n) is 3.45. The fraction of sp³-hybridized carbons (Fsp3) is 0.364. The second-order valence-corrected chi connectivity index (χ2v) is 7.33. The first kappa shape index (κ1) is 20.6. The lowest BCUT2D eigenvalue weighted by Crippen LogP contribution is -2.49. The third-order valence-electron chi connectivity index (χ3n) is 5.09. The quantitative estimate of drug-likeness (QED) is 0.704. The highest BCUT2D eigenvalue weighted by atomic mass is 19.1. The van der Waals surface area contributed by atoms with Crippen LogP contribution in [0.2, 0.25) is 0 Å². The molecule has 1 atom stereocenters. The van der Waals surface area contributed by atoms with Crippen LogP contribution in [-0.4, -0.2) is 52.7 Å². The number of nitriles is 1. The summed E-state index contributed by atoms with van der Waals surface area (Å²) >= 11 is 0. The van der Waals surface area contributed by atoms with E-state index in [0.717, 1.165) is 18.7 Å². The van der Waals surface area contributed by atoms with Gasteiger partial charge in [0.15, 0.2) is 5.78 Å². The minimum atomic E-state index is -0.421. The van der Waals surface area contributed by atoms with Crippen LogP contribution in [0.3, 0.4) is 0 Å². The zero-order chi connectivity index (χ0) is 20.8. The number of halogens is 1. The summed E-state index contributed by atoms with van der Waals surface area (Å²) in [5.74, 6) is -1.00. The van der Waals surface area contributed by atoms with Gasteiger partial charge in [0.1, 0.15) is 11.9 Å². The number of aromatic nitrogens is 1. The van der Waals surface area contributed by atoms with Crippen molar-refractivity contribution in [1.82, 2.24) is 14.8 Å². The van der Waals surface area contributed by atoms with E-state index in [1.807, 2.05) is 6.07 Å². The van der Waals surface area contributed by atoms with Gasteiger partial charge >= 0.3 is 0 Å². The average molecular weight is 394 g/mol. The minimum Gasteiger partial charge on any atom is -0.340 e. The Kier molecular flexibility index (Phi) is 6.68. The molecule has 7 heteroatoms. The van der Waals surface area contributed by atoms with Gasteiger partial charge in [-0.2, -0.15) is 5.26 Å². The highest BCUT2D eigenvalue weighted by Crippen LogP contribution is 2.16. The normalized spacial score (nSPS) is 15.6. The number of rotatable bonds is 6. The number of amides is 1. The predicted molar refractivity (Wildman–Crippen MR) is 105 cm³/mol. The molecule has 1 aromatic heterocycles. The Hall–Kier alpha value is -3.11. The van der Waals surface area contributed by atoms with E-state index in [1.54, 1.807) is 18.0 Å². The molecule has 0 aliphatic carbocycles. The van der Waals surface area contributed by atoms with Crippen molar-refractivity contribution in [3.8, 4) is 6.07 Å². The third kappa shape index (κ3) is 5.46. The maximum absolute atomic E-state index is 13.0. The first-order chi connectivity index (χ1) is 14.0. The van der Waals surface area contributed by atoms with E-state index in [2.05, 4.69) is 16.0 Å². The van der Waals surface area contributed by atoms with E-state index in [4.69, 9.17) is 5.26 Å². The van der Waals surface area contributed by atoms with Crippen LogP contribution in [0, 0.1) is 23.1 Å². The van der Waals surface area contributed by atoms with E-state index in [-0.39, 0.29) is 18.1 Å². The summed E-state index contributed by atoms with van der Waals surface area (Å²) < 4.78 is 13.0. The molecule has 29 heavy (non-hydrogen) atoms. The summed E-state index contributed by atoms with van der Waals surface area (Å²) in [7, 11) is 0. The molecule has 1 aliphatic heterocycles. The summed E-state index contributed by atoms with van der Waals surface area (Å²) in [6, 6.07) is 9.31. The number of carbonyl (C=O) groups excluding carboxylic acids is 2. The lowest BCUT2D eigenvalue weighted by Gasteiger charge is -2.36. The highest BCUT2D eigenvalue weighted by Gasteiger charge is 2.26. The summed E-state index contributed by atoms with van der Waals surface area (Å²) in [6.07, 6.45) is 3.40. The molecule has 0 saturated carbocycles. The predicted octanol–water partition coefficient (Wildman–Crippen LogP) is 2.65. The number of hydrogen-bond acceptors (Lipinski definition) is 5. The Morgan fingerprint density at radius 3 is 2.52 bits per heavy atom. The molecule has 1 saturated heterocycles. The zero-order valence-electron chi connectivity index (χ0n) is 16.3. The van der Waals surface area contributed by atoms with Crippen LogP contribution in [0.15, 0.2) is 42.7 Å². The van der Waals surface area contributed by atoms with Gasteiger partial charge in [0.05, 0.1) is 5.56 Å². The maximum atomic E-state index is 13.0. The Morgan fingerprint density at radius 1 is 1.17 bits per heavy atom. The Morgan fingerprint density at radius 2 is 1.86 bits per heavy atom. The molecule has 0 bridgehead atoms. The van der Waals surface area contributed by atoms with Gasteiger partial charge in [-0.1, -0.05) is 6.92 Å². The number of Topliss-reactive ketones (excluding diaryl/α,β-unsaturated/α-hetero) is 1. The smallest absolute Gasteiger partial charge is 0.225 e. The molecule has 150 valence electrons. The molecule has 2 heterocycles. The number of hydrogen-bond donors (Lipinski definition) is 0. The highest BCUT2D eigenvalue weighted by molar-refractivity contribution is 5.98. The largest absolute Gasteiger partial charge is 0.340 e. The van der Waals surface area contributed by atoms with Gasteiger partial charge in [-0.05, 0) is 35.9 Å². The monoisotopic (exact) mass is 394 g/mol. The van der Waals surface area contributed by atoms with E-state index >= 15 is 0 Å².